The van der Waals surface area contributed by atoms with Crippen molar-refractivity contribution in [2.45, 2.75) is 16.6 Å². The van der Waals surface area contributed by atoms with E-state index in [4.69, 9.17) is 9.84 Å². The minimum atomic E-state index is -1.17. The first kappa shape index (κ1) is 11.3. The molecule has 0 spiro atoms. The monoisotopic (exact) mass is 240 g/mol. The summed E-state index contributed by atoms with van der Waals surface area (Å²) in [7, 11) is -1.17. The Morgan fingerprint density at radius 3 is 2.94 bits per heavy atom. The Bertz CT molecular complexity index is 424. The van der Waals surface area contributed by atoms with E-state index in [0.29, 0.717) is 18.1 Å². The summed E-state index contributed by atoms with van der Waals surface area (Å²) in [5.41, 5.74) is 0.171. The summed E-state index contributed by atoms with van der Waals surface area (Å²) in [6.07, 6.45) is 0.768. The lowest BCUT2D eigenvalue weighted by molar-refractivity contribution is 0.0696. The van der Waals surface area contributed by atoms with Crippen LogP contribution in [0.25, 0.3) is 0 Å². The lowest BCUT2D eigenvalue weighted by Gasteiger charge is -2.08. The largest absolute Gasteiger partial charge is 0.478 e. The van der Waals surface area contributed by atoms with Gasteiger partial charge >= 0.3 is 5.97 Å². The van der Waals surface area contributed by atoms with Gasteiger partial charge in [-0.05, 0) is 24.6 Å². The molecule has 2 rings (SSSR count). The Balaban J connectivity index is 2.22. The number of carbonyl (C=O) groups is 1. The zero-order valence-electron chi connectivity index (χ0n) is 8.59. The Morgan fingerprint density at radius 2 is 2.31 bits per heavy atom. The highest BCUT2D eigenvalue weighted by molar-refractivity contribution is 7.85. The lowest BCUT2D eigenvalue weighted by atomic mass is 10.2. The van der Waals surface area contributed by atoms with Crippen LogP contribution in [-0.2, 0) is 15.5 Å². The summed E-state index contributed by atoms with van der Waals surface area (Å²) >= 11 is 0. The van der Waals surface area contributed by atoms with Crippen LogP contribution >= 0.6 is 0 Å². The molecule has 0 radical (unpaired) electrons. The van der Waals surface area contributed by atoms with Crippen LogP contribution in [-0.4, -0.2) is 33.7 Å². The van der Waals surface area contributed by atoms with Crippen molar-refractivity contribution in [3.8, 4) is 0 Å². The van der Waals surface area contributed by atoms with Gasteiger partial charge in [0, 0.05) is 11.5 Å². The first-order chi connectivity index (χ1) is 7.68. The van der Waals surface area contributed by atoms with Gasteiger partial charge in [0.2, 0.25) is 0 Å². The summed E-state index contributed by atoms with van der Waals surface area (Å²) in [5, 5.41) is 8.82. The van der Waals surface area contributed by atoms with Crippen molar-refractivity contribution in [1.82, 2.24) is 0 Å². The Kier molecular flexibility index (Phi) is 3.36. The predicted octanol–water partition coefficient (Wildman–Crippen LogP) is 1.28. The third-order valence-corrected chi connectivity index (χ3v) is 4.20. The smallest absolute Gasteiger partial charge is 0.335 e. The van der Waals surface area contributed by atoms with Gasteiger partial charge in [0.25, 0.3) is 0 Å². The van der Waals surface area contributed by atoms with Crippen LogP contribution in [0.2, 0.25) is 0 Å². The molecule has 0 aromatic heterocycles. The Morgan fingerprint density at radius 1 is 1.50 bits per heavy atom. The van der Waals surface area contributed by atoms with Gasteiger partial charge in [0.1, 0.15) is 0 Å². The summed E-state index contributed by atoms with van der Waals surface area (Å²) < 4.78 is 17.2. The first-order valence-electron chi connectivity index (χ1n) is 5.00. The summed E-state index contributed by atoms with van der Waals surface area (Å²) in [6, 6.07) is 6.28. The average Bonchev–Trinajstić information content (AvgIpc) is 2.81. The van der Waals surface area contributed by atoms with Crippen LogP contribution in [0.1, 0.15) is 16.8 Å². The topological polar surface area (TPSA) is 63.6 Å². The highest BCUT2D eigenvalue weighted by Gasteiger charge is 2.23. The fourth-order valence-electron chi connectivity index (χ4n) is 1.63. The third kappa shape index (κ3) is 2.31. The molecule has 1 saturated heterocycles. The van der Waals surface area contributed by atoms with E-state index in [1.807, 2.05) is 0 Å². The van der Waals surface area contributed by atoms with E-state index in [2.05, 4.69) is 0 Å². The van der Waals surface area contributed by atoms with Crippen molar-refractivity contribution in [3.05, 3.63) is 29.8 Å². The third-order valence-electron chi connectivity index (χ3n) is 2.50. The molecule has 0 bridgehead atoms. The molecule has 4 nitrogen and oxygen atoms in total. The molecule has 0 aliphatic carbocycles. The molecule has 86 valence electrons. The highest BCUT2D eigenvalue weighted by Crippen LogP contribution is 2.19. The maximum atomic E-state index is 12.1. The molecule has 1 aliphatic rings. The van der Waals surface area contributed by atoms with Crippen LogP contribution in [0, 0.1) is 0 Å². The van der Waals surface area contributed by atoms with Crippen molar-refractivity contribution in [1.29, 1.82) is 0 Å². The quantitative estimate of drug-likeness (QED) is 0.864. The summed E-state index contributed by atoms with van der Waals surface area (Å²) in [6.45, 7) is 1.12. The van der Waals surface area contributed by atoms with Gasteiger partial charge in [-0.2, -0.15) is 0 Å². The average molecular weight is 240 g/mol. The lowest BCUT2D eigenvalue weighted by Crippen LogP contribution is -2.15. The highest BCUT2D eigenvalue weighted by atomic mass is 32.2. The molecule has 0 saturated carbocycles. The van der Waals surface area contributed by atoms with E-state index >= 15 is 0 Å². The Hall–Kier alpha value is -1.20. The second kappa shape index (κ2) is 4.76. The number of hydrogen-bond donors (Lipinski definition) is 1. The molecular formula is C11H12O4S. The normalized spacial score (nSPS) is 21.9. The fourth-order valence-corrected chi connectivity index (χ4v) is 3.00. The van der Waals surface area contributed by atoms with Crippen molar-refractivity contribution in [2.24, 2.45) is 0 Å². The van der Waals surface area contributed by atoms with E-state index in [1.165, 1.54) is 12.1 Å². The van der Waals surface area contributed by atoms with Gasteiger partial charge in [0.15, 0.2) is 0 Å². The summed E-state index contributed by atoms with van der Waals surface area (Å²) in [4.78, 5) is 11.3. The molecule has 1 heterocycles. The van der Waals surface area contributed by atoms with E-state index in [1.54, 1.807) is 12.1 Å². The number of ether oxygens (including phenoxy) is 1. The van der Waals surface area contributed by atoms with Gasteiger partial charge in [0.05, 0.1) is 28.2 Å². The van der Waals surface area contributed by atoms with Crippen molar-refractivity contribution < 1.29 is 18.8 Å². The van der Waals surface area contributed by atoms with E-state index in [-0.39, 0.29) is 10.8 Å². The molecule has 0 amide bonds. The second-order valence-corrected chi connectivity index (χ2v) is 5.35. The number of benzene rings is 1. The maximum absolute atomic E-state index is 12.1. The van der Waals surface area contributed by atoms with Crippen molar-refractivity contribution in [2.75, 3.05) is 13.2 Å². The molecular weight excluding hydrogens is 228 g/mol. The number of rotatable bonds is 3. The van der Waals surface area contributed by atoms with Gasteiger partial charge in [-0.1, -0.05) is 6.07 Å². The minimum absolute atomic E-state index is 0.0101. The molecule has 1 fully saturated rings. The van der Waals surface area contributed by atoms with Crippen LogP contribution in [0.5, 0.6) is 0 Å². The van der Waals surface area contributed by atoms with Crippen molar-refractivity contribution in [3.63, 3.8) is 0 Å². The van der Waals surface area contributed by atoms with Crippen LogP contribution < -0.4 is 0 Å². The minimum Gasteiger partial charge on any atom is -0.478 e. The van der Waals surface area contributed by atoms with Gasteiger partial charge in [-0.3, -0.25) is 4.21 Å². The molecule has 1 aliphatic heterocycles. The predicted molar refractivity (Wildman–Crippen MR) is 59.0 cm³/mol. The number of aromatic carboxylic acids is 1. The van der Waals surface area contributed by atoms with Gasteiger partial charge < -0.3 is 9.84 Å². The zero-order valence-corrected chi connectivity index (χ0v) is 9.40. The first-order valence-corrected chi connectivity index (χ1v) is 6.21. The van der Waals surface area contributed by atoms with Crippen LogP contribution in [0.15, 0.2) is 29.2 Å². The SMILES string of the molecule is O=C(O)c1cccc(S(=O)C2CCOC2)c1. The van der Waals surface area contributed by atoms with Crippen LogP contribution in [0.4, 0.5) is 0 Å². The van der Waals surface area contributed by atoms with Crippen molar-refractivity contribution >= 4 is 16.8 Å². The van der Waals surface area contributed by atoms with E-state index < -0.39 is 16.8 Å². The number of hydrogen-bond acceptors (Lipinski definition) is 3. The molecule has 5 heteroatoms. The Labute approximate surface area is 95.7 Å². The molecule has 2 unspecified atom stereocenters. The zero-order chi connectivity index (χ0) is 11.5. The van der Waals surface area contributed by atoms with E-state index in [9.17, 15) is 9.00 Å². The number of carboxylic acid groups (broad SMARTS) is 1. The fraction of sp³-hybridized carbons (Fsp3) is 0.364. The summed E-state index contributed by atoms with van der Waals surface area (Å²) in [5.74, 6) is -0.999. The van der Waals surface area contributed by atoms with Crippen LogP contribution in [0.3, 0.4) is 0 Å². The molecule has 16 heavy (non-hydrogen) atoms. The molecule has 1 aromatic rings. The number of carboxylic acids is 1. The molecule has 1 aromatic carbocycles. The molecule has 1 N–H and O–H groups in total. The van der Waals surface area contributed by atoms with Gasteiger partial charge in [-0.15, -0.1) is 0 Å². The maximum Gasteiger partial charge on any atom is 0.335 e. The molecule has 2 atom stereocenters. The second-order valence-electron chi connectivity index (χ2n) is 3.62. The van der Waals surface area contributed by atoms with E-state index in [0.717, 1.165) is 6.42 Å². The standard InChI is InChI=1S/C11H12O4S/c12-11(13)8-2-1-3-9(6-8)16(14)10-4-5-15-7-10/h1-3,6,10H,4-5,7H2,(H,12,13). The van der Waals surface area contributed by atoms with Gasteiger partial charge in [-0.25, -0.2) is 4.79 Å².